The Labute approximate surface area is 153 Å². The van der Waals surface area contributed by atoms with E-state index in [0.717, 1.165) is 0 Å². The molecule has 0 bridgehead atoms. The van der Waals surface area contributed by atoms with Crippen molar-refractivity contribution in [2.75, 3.05) is 11.9 Å². The second-order valence-corrected chi connectivity index (χ2v) is 5.69. The summed E-state index contributed by atoms with van der Waals surface area (Å²) in [5, 5.41) is 14.7. The molecule has 0 fully saturated rings. The Balaban J connectivity index is 1.96. The number of carbonyl (C=O) groups excluding carboxylic acids is 2. The summed E-state index contributed by atoms with van der Waals surface area (Å²) in [6.45, 7) is -0.355. The van der Waals surface area contributed by atoms with Gasteiger partial charge in [0.1, 0.15) is 24.2 Å². The van der Waals surface area contributed by atoms with E-state index in [9.17, 15) is 9.59 Å². The highest BCUT2D eigenvalue weighted by Crippen LogP contribution is 2.25. The van der Waals surface area contributed by atoms with Crippen LogP contribution in [0, 0.1) is 0 Å². The summed E-state index contributed by atoms with van der Waals surface area (Å²) in [5.41, 5.74) is 0.661. The van der Waals surface area contributed by atoms with Gasteiger partial charge in [-0.3, -0.25) is 9.59 Å². The minimum atomic E-state index is -1.04. The van der Waals surface area contributed by atoms with Crippen LogP contribution in [0.1, 0.15) is 5.56 Å². The summed E-state index contributed by atoms with van der Waals surface area (Å²) in [7, 11) is 0. The van der Waals surface area contributed by atoms with Crippen molar-refractivity contribution in [1.29, 1.82) is 0 Å². The molecule has 132 valence electrons. The van der Waals surface area contributed by atoms with Crippen molar-refractivity contribution in [3.8, 4) is 5.75 Å². The van der Waals surface area contributed by atoms with Crippen LogP contribution in [0.25, 0.3) is 0 Å². The van der Waals surface area contributed by atoms with Crippen LogP contribution in [-0.4, -0.2) is 35.1 Å². The molecule has 0 radical (unpaired) electrons. The van der Waals surface area contributed by atoms with Gasteiger partial charge in [-0.05, 0) is 24.3 Å². The number of hydrogen-bond acceptors (Lipinski definition) is 5. The van der Waals surface area contributed by atoms with Crippen LogP contribution in [0.2, 0.25) is 10.0 Å². The van der Waals surface area contributed by atoms with Gasteiger partial charge in [0.05, 0.1) is 12.8 Å². The molecule has 2 rings (SSSR count). The van der Waals surface area contributed by atoms with Gasteiger partial charge in [-0.25, -0.2) is 4.98 Å². The van der Waals surface area contributed by atoms with Crippen molar-refractivity contribution >= 4 is 41.3 Å². The number of amides is 2. The van der Waals surface area contributed by atoms with E-state index in [1.54, 1.807) is 24.3 Å². The van der Waals surface area contributed by atoms with Crippen LogP contribution >= 0.6 is 23.2 Å². The quantitative estimate of drug-likeness (QED) is 0.605. The highest BCUT2D eigenvalue weighted by Gasteiger charge is 2.16. The van der Waals surface area contributed by atoms with Crippen LogP contribution in [0.5, 0.6) is 5.75 Å². The summed E-state index contributed by atoms with van der Waals surface area (Å²) in [4.78, 5) is 26.2. The van der Waals surface area contributed by atoms with Crippen LogP contribution in [0.3, 0.4) is 0 Å². The Morgan fingerprint density at radius 1 is 1.28 bits per heavy atom. The van der Waals surface area contributed by atoms with Crippen LogP contribution in [0.15, 0.2) is 36.5 Å². The molecule has 2 amide bonds. The highest BCUT2D eigenvalue weighted by atomic mass is 35.5. The molecule has 3 N–H and O–H groups in total. The summed E-state index contributed by atoms with van der Waals surface area (Å²) in [5.74, 6) is 0.122. The van der Waals surface area contributed by atoms with E-state index in [1.165, 1.54) is 12.3 Å². The van der Waals surface area contributed by atoms with Gasteiger partial charge in [0, 0.05) is 15.6 Å². The SMILES string of the molecule is O=CN[C@@H](CO)C(=O)Nc1ccc(OCc2c(Cl)cccc2Cl)cn1. The normalized spacial score (nSPS) is 11.5. The maximum atomic E-state index is 11.8. The Hall–Kier alpha value is -2.35. The Morgan fingerprint density at radius 3 is 2.56 bits per heavy atom. The lowest BCUT2D eigenvalue weighted by Gasteiger charge is -2.13. The lowest BCUT2D eigenvalue weighted by atomic mass is 10.2. The smallest absolute Gasteiger partial charge is 0.250 e. The van der Waals surface area contributed by atoms with Gasteiger partial charge in [-0.15, -0.1) is 0 Å². The van der Waals surface area contributed by atoms with E-state index >= 15 is 0 Å². The standard InChI is InChI=1S/C16H15Cl2N3O4/c17-12-2-1-3-13(18)11(12)8-25-10-4-5-15(19-6-10)21-16(24)14(7-22)20-9-23/h1-6,9,14,22H,7-8H2,(H,20,23)(H,19,21,24)/t14-/m0/s1. The van der Waals surface area contributed by atoms with Crippen LogP contribution in [-0.2, 0) is 16.2 Å². The number of aliphatic hydroxyl groups is 1. The number of rotatable bonds is 8. The molecule has 7 nitrogen and oxygen atoms in total. The number of nitrogens with zero attached hydrogens (tertiary/aromatic N) is 1. The zero-order chi connectivity index (χ0) is 18.2. The van der Waals surface area contributed by atoms with Crippen molar-refractivity contribution in [3.63, 3.8) is 0 Å². The molecule has 1 aromatic carbocycles. The third kappa shape index (κ3) is 5.32. The van der Waals surface area contributed by atoms with Crippen molar-refractivity contribution in [1.82, 2.24) is 10.3 Å². The van der Waals surface area contributed by atoms with Crippen molar-refractivity contribution in [2.24, 2.45) is 0 Å². The number of aliphatic hydroxyl groups excluding tert-OH is 1. The minimum absolute atomic E-state index is 0.168. The summed E-state index contributed by atoms with van der Waals surface area (Å²) >= 11 is 12.1. The molecular weight excluding hydrogens is 369 g/mol. The number of carbonyl (C=O) groups is 2. The molecule has 25 heavy (non-hydrogen) atoms. The average Bonchev–Trinajstić information content (AvgIpc) is 2.60. The summed E-state index contributed by atoms with van der Waals surface area (Å²) in [6.07, 6.45) is 1.76. The van der Waals surface area contributed by atoms with Gasteiger partial charge in [0.2, 0.25) is 12.3 Å². The maximum absolute atomic E-state index is 11.8. The number of nitrogens with one attached hydrogen (secondary N) is 2. The zero-order valence-electron chi connectivity index (χ0n) is 12.9. The predicted octanol–water partition coefficient (Wildman–Crippen LogP) is 2.01. The highest BCUT2D eigenvalue weighted by molar-refractivity contribution is 6.35. The van der Waals surface area contributed by atoms with E-state index in [0.29, 0.717) is 27.8 Å². The fourth-order valence-electron chi connectivity index (χ4n) is 1.87. The molecule has 0 aliphatic heterocycles. The van der Waals surface area contributed by atoms with E-state index in [-0.39, 0.29) is 12.4 Å². The first-order valence-electron chi connectivity index (χ1n) is 7.18. The molecule has 0 spiro atoms. The van der Waals surface area contributed by atoms with Gasteiger partial charge < -0.3 is 20.5 Å². The van der Waals surface area contributed by atoms with Crippen LogP contribution < -0.4 is 15.4 Å². The van der Waals surface area contributed by atoms with E-state index in [2.05, 4.69) is 15.6 Å². The van der Waals surface area contributed by atoms with Crippen molar-refractivity contribution in [2.45, 2.75) is 12.6 Å². The average molecular weight is 384 g/mol. The molecule has 1 aromatic heterocycles. The summed E-state index contributed by atoms with van der Waals surface area (Å²) < 4.78 is 5.58. The molecule has 1 atom stereocenters. The Kier molecular flexibility index (Phi) is 7.00. The number of aromatic nitrogens is 1. The molecule has 2 aromatic rings. The molecular formula is C16H15Cl2N3O4. The zero-order valence-corrected chi connectivity index (χ0v) is 14.4. The van der Waals surface area contributed by atoms with E-state index < -0.39 is 18.6 Å². The lowest BCUT2D eigenvalue weighted by molar-refractivity contribution is -0.122. The van der Waals surface area contributed by atoms with Gasteiger partial charge >= 0.3 is 0 Å². The molecule has 1 heterocycles. The number of anilines is 1. The van der Waals surface area contributed by atoms with E-state index in [4.69, 9.17) is 33.0 Å². The number of pyridine rings is 1. The second kappa shape index (κ2) is 9.22. The van der Waals surface area contributed by atoms with Crippen molar-refractivity contribution in [3.05, 3.63) is 52.1 Å². The topological polar surface area (TPSA) is 101 Å². The third-order valence-corrected chi connectivity index (χ3v) is 3.91. The van der Waals surface area contributed by atoms with Gasteiger partial charge in [-0.1, -0.05) is 29.3 Å². The Morgan fingerprint density at radius 2 is 2.00 bits per heavy atom. The molecule has 0 unspecified atom stereocenters. The predicted molar refractivity (Wildman–Crippen MR) is 93.7 cm³/mol. The molecule has 0 aliphatic rings. The van der Waals surface area contributed by atoms with Crippen molar-refractivity contribution < 1.29 is 19.4 Å². The first kappa shape index (κ1) is 19.0. The maximum Gasteiger partial charge on any atom is 0.250 e. The molecule has 0 aliphatic carbocycles. The van der Waals surface area contributed by atoms with Gasteiger partial charge in [0.15, 0.2) is 0 Å². The molecule has 0 saturated heterocycles. The number of hydrogen-bond donors (Lipinski definition) is 3. The van der Waals surface area contributed by atoms with Gasteiger partial charge in [0.25, 0.3) is 0 Å². The monoisotopic (exact) mass is 383 g/mol. The fraction of sp³-hybridized carbons (Fsp3) is 0.188. The number of ether oxygens (including phenoxy) is 1. The largest absolute Gasteiger partial charge is 0.487 e. The molecule has 9 heteroatoms. The summed E-state index contributed by atoms with van der Waals surface area (Å²) in [6, 6.07) is 7.26. The first-order valence-corrected chi connectivity index (χ1v) is 7.94. The second-order valence-electron chi connectivity index (χ2n) is 4.88. The minimum Gasteiger partial charge on any atom is -0.487 e. The van der Waals surface area contributed by atoms with E-state index in [1.807, 2.05) is 0 Å². The first-order chi connectivity index (χ1) is 12.0. The van der Waals surface area contributed by atoms with Crippen LogP contribution in [0.4, 0.5) is 5.82 Å². The fourth-order valence-corrected chi connectivity index (χ4v) is 2.38. The number of halogens is 2. The van der Waals surface area contributed by atoms with Gasteiger partial charge in [-0.2, -0.15) is 0 Å². The third-order valence-electron chi connectivity index (χ3n) is 3.20. The lowest BCUT2D eigenvalue weighted by Crippen LogP contribution is -2.42. The number of benzene rings is 1. The molecule has 0 saturated carbocycles. The Bertz CT molecular complexity index is 720.